The molecule has 3 N–H and O–H groups in total. The SMILES string of the molecule is O=c1[nH]c(-c2ccc(O)cc2O)nc2ccc([127I])cc12. The third-order valence-corrected chi connectivity index (χ3v) is 3.57. The van der Waals surface area contributed by atoms with Crippen LogP contribution >= 0.6 is 22.6 Å². The van der Waals surface area contributed by atoms with Crippen molar-refractivity contribution in [2.75, 3.05) is 0 Å². The van der Waals surface area contributed by atoms with Crippen LogP contribution in [0.1, 0.15) is 0 Å². The molecule has 0 aliphatic carbocycles. The van der Waals surface area contributed by atoms with Gasteiger partial charge in [-0.2, -0.15) is 0 Å². The monoisotopic (exact) mass is 380 g/mol. The van der Waals surface area contributed by atoms with E-state index < -0.39 is 0 Å². The fourth-order valence-electron chi connectivity index (χ4n) is 1.96. The molecule has 0 saturated carbocycles. The van der Waals surface area contributed by atoms with Crippen LogP contribution in [0.4, 0.5) is 0 Å². The number of hydrogen-bond donors (Lipinski definition) is 3. The van der Waals surface area contributed by atoms with Crippen molar-refractivity contribution in [1.82, 2.24) is 9.97 Å². The second-order valence-electron chi connectivity index (χ2n) is 4.28. The van der Waals surface area contributed by atoms with Crippen LogP contribution in [-0.2, 0) is 0 Å². The molecular formula is C14H9IN2O3. The van der Waals surface area contributed by atoms with E-state index in [4.69, 9.17) is 0 Å². The largest absolute Gasteiger partial charge is 0.508 e. The number of fused-ring (bicyclic) bond motifs is 1. The van der Waals surface area contributed by atoms with Crippen LogP contribution in [0.15, 0.2) is 41.2 Å². The van der Waals surface area contributed by atoms with Gasteiger partial charge < -0.3 is 15.2 Å². The number of nitrogens with zero attached hydrogens (tertiary/aromatic N) is 1. The zero-order valence-electron chi connectivity index (χ0n) is 10.1. The van der Waals surface area contributed by atoms with Crippen molar-refractivity contribution in [3.63, 3.8) is 0 Å². The number of aromatic nitrogens is 2. The van der Waals surface area contributed by atoms with E-state index in [2.05, 4.69) is 32.6 Å². The maximum atomic E-state index is 12.1. The van der Waals surface area contributed by atoms with E-state index in [1.165, 1.54) is 18.2 Å². The Labute approximate surface area is 127 Å². The fraction of sp³-hybridized carbons (Fsp3) is 0. The number of phenols is 2. The van der Waals surface area contributed by atoms with Gasteiger partial charge in [-0.3, -0.25) is 4.79 Å². The first-order valence-corrected chi connectivity index (χ1v) is 6.84. The normalized spacial score (nSPS) is 10.8. The van der Waals surface area contributed by atoms with Crippen LogP contribution in [0.25, 0.3) is 22.3 Å². The van der Waals surface area contributed by atoms with E-state index in [1.807, 2.05) is 6.07 Å². The summed E-state index contributed by atoms with van der Waals surface area (Å²) in [7, 11) is 0. The van der Waals surface area contributed by atoms with Gasteiger partial charge in [0, 0.05) is 9.64 Å². The second kappa shape index (κ2) is 4.78. The quantitative estimate of drug-likeness (QED) is 0.567. The highest BCUT2D eigenvalue weighted by atomic mass is 127. The van der Waals surface area contributed by atoms with E-state index in [1.54, 1.807) is 12.1 Å². The summed E-state index contributed by atoms with van der Waals surface area (Å²) in [6.45, 7) is 0. The Morgan fingerprint density at radius 1 is 1.10 bits per heavy atom. The highest BCUT2D eigenvalue weighted by molar-refractivity contribution is 14.1. The molecule has 0 aliphatic rings. The van der Waals surface area contributed by atoms with E-state index in [9.17, 15) is 15.0 Å². The number of benzene rings is 2. The van der Waals surface area contributed by atoms with Gasteiger partial charge in [-0.1, -0.05) is 0 Å². The minimum Gasteiger partial charge on any atom is -0.508 e. The van der Waals surface area contributed by atoms with Crippen molar-refractivity contribution >= 4 is 33.5 Å². The summed E-state index contributed by atoms with van der Waals surface area (Å²) in [5.41, 5.74) is 0.646. The van der Waals surface area contributed by atoms with Crippen molar-refractivity contribution in [3.8, 4) is 22.9 Å². The summed E-state index contributed by atoms with van der Waals surface area (Å²) in [4.78, 5) is 19.1. The maximum absolute atomic E-state index is 12.1. The lowest BCUT2D eigenvalue weighted by Crippen LogP contribution is -2.09. The standard InChI is InChI=1S/C14H9IN2O3/c15-7-1-4-11-10(5-7)14(20)17-13(16-11)9-3-2-8(18)6-12(9)19/h1-6,18-19H,(H,16,17,20)/i15+0. The Morgan fingerprint density at radius 3 is 2.65 bits per heavy atom. The maximum Gasteiger partial charge on any atom is 0.259 e. The lowest BCUT2D eigenvalue weighted by atomic mass is 10.1. The average Bonchev–Trinajstić information content (AvgIpc) is 2.39. The number of phenolic OH excluding ortho intramolecular Hbond substituents is 2. The minimum atomic E-state index is -0.268. The van der Waals surface area contributed by atoms with Crippen LogP contribution < -0.4 is 5.56 Å². The first-order chi connectivity index (χ1) is 9.54. The van der Waals surface area contributed by atoms with Gasteiger partial charge in [0.1, 0.15) is 17.3 Å². The Bertz CT molecular complexity index is 874. The average molecular weight is 380 g/mol. The molecule has 1 aromatic heterocycles. The second-order valence-corrected chi connectivity index (χ2v) is 5.52. The molecule has 6 heteroatoms. The fourth-order valence-corrected chi connectivity index (χ4v) is 2.45. The number of rotatable bonds is 1. The number of aromatic amines is 1. The number of nitrogens with one attached hydrogen (secondary N) is 1. The molecule has 1 heterocycles. The molecule has 0 radical (unpaired) electrons. The van der Waals surface area contributed by atoms with Crippen molar-refractivity contribution in [3.05, 3.63) is 50.3 Å². The molecule has 0 bridgehead atoms. The number of hydrogen-bond acceptors (Lipinski definition) is 4. The molecule has 0 saturated heterocycles. The van der Waals surface area contributed by atoms with Crippen LogP contribution in [0.3, 0.4) is 0 Å². The summed E-state index contributed by atoms with van der Waals surface area (Å²) >= 11 is 2.13. The lowest BCUT2D eigenvalue weighted by Gasteiger charge is -2.06. The highest BCUT2D eigenvalue weighted by Crippen LogP contribution is 2.29. The zero-order valence-corrected chi connectivity index (χ0v) is 12.2. The molecule has 0 aliphatic heterocycles. The molecule has 0 fully saturated rings. The lowest BCUT2D eigenvalue weighted by molar-refractivity contribution is 0.451. The van der Waals surface area contributed by atoms with Gasteiger partial charge in [-0.05, 0) is 52.9 Å². The van der Waals surface area contributed by atoms with Crippen LogP contribution in [0, 0.1) is 3.57 Å². The summed E-state index contributed by atoms with van der Waals surface area (Å²) in [6.07, 6.45) is 0. The number of halogens is 1. The molecule has 100 valence electrons. The third kappa shape index (κ3) is 2.22. The molecule has 0 amide bonds. The number of H-pyrrole nitrogens is 1. The summed E-state index contributed by atoms with van der Waals surface area (Å²) in [5, 5.41) is 19.6. The Morgan fingerprint density at radius 2 is 1.90 bits per heavy atom. The Kier molecular flexibility index (Phi) is 3.09. The van der Waals surface area contributed by atoms with Gasteiger partial charge in [0.05, 0.1) is 16.5 Å². The minimum absolute atomic E-state index is 0.0519. The van der Waals surface area contributed by atoms with Crippen LogP contribution in [0.2, 0.25) is 0 Å². The topological polar surface area (TPSA) is 86.2 Å². The molecule has 0 spiro atoms. The summed E-state index contributed by atoms with van der Waals surface area (Å²) in [5.74, 6) is 0.0724. The predicted molar refractivity (Wildman–Crippen MR) is 83.8 cm³/mol. The number of aromatic hydroxyl groups is 2. The highest BCUT2D eigenvalue weighted by Gasteiger charge is 2.10. The molecule has 3 aromatic rings. The van der Waals surface area contributed by atoms with Crippen molar-refractivity contribution < 1.29 is 10.2 Å². The first kappa shape index (κ1) is 12.9. The van der Waals surface area contributed by atoms with Gasteiger partial charge in [-0.25, -0.2) is 4.98 Å². The molecule has 2 aromatic carbocycles. The van der Waals surface area contributed by atoms with Gasteiger partial charge in [0.15, 0.2) is 0 Å². The predicted octanol–water partition coefficient (Wildman–Crippen LogP) is 2.61. The smallest absolute Gasteiger partial charge is 0.259 e. The van der Waals surface area contributed by atoms with Gasteiger partial charge in [0.25, 0.3) is 5.56 Å². The molecule has 0 atom stereocenters. The van der Waals surface area contributed by atoms with E-state index in [0.29, 0.717) is 16.5 Å². The van der Waals surface area contributed by atoms with Crippen molar-refractivity contribution in [1.29, 1.82) is 0 Å². The Balaban J connectivity index is 2.27. The third-order valence-electron chi connectivity index (χ3n) is 2.90. The van der Waals surface area contributed by atoms with E-state index >= 15 is 0 Å². The van der Waals surface area contributed by atoms with Crippen molar-refractivity contribution in [2.24, 2.45) is 0 Å². The first-order valence-electron chi connectivity index (χ1n) is 5.76. The Hall–Kier alpha value is -2.09. The van der Waals surface area contributed by atoms with E-state index in [0.717, 1.165) is 3.57 Å². The summed E-state index contributed by atoms with van der Waals surface area (Å²) in [6, 6.07) is 9.49. The van der Waals surface area contributed by atoms with Crippen molar-refractivity contribution in [2.45, 2.75) is 0 Å². The van der Waals surface area contributed by atoms with E-state index in [-0.39, 0.29) is 22.9 Å². The zero-order chi connectivity index (χ0) is 14.3. The molecular weight excluding hydrogens is 371 g/mol. The molecule has 5 nitrogen and oxygen atoms in total. The van der Waals surface area contributed by atoms with Gasteiger partial charge in [-0.15, -0.1) is 0 Å². The molecule has 0 unspecified atom stereocenters. The van der Waals surface area contributed by atoms with Crippen LogP contribution in [0.5, 0.6) is 11.5 Å². The van der Waals surface area contributed by atoms with Gasteiger partial charge >= 0.3 is 0 Å². The van der Waals surface area contributed by atoms with Crippen LogP contribution in [-0.4, -0.2) is 20.2 Å². The van der Waals surface area contributed by atoms with Gasteiger partial charge in [0.2, 0.25) is 0 Å². The summed E-state index contributed by atoms with van der Waals surface area (Å²) < 4.78 is 0.947. The molecule has 20 heavy (non-hydrogen) atoms. The molecule has 3 rings (SSSR count).